The maximum Gasteiger partial charge on any atom is 0.159 e. The van der Waals surface area contributed by atoms with Crippen LogP contribution in [-0.2, 0) is 0 Å². The van der Waals surface area contributed by atoms with Gasteiger partial charge < -0.3 is 10.0 Å². The molecule has 3 nitrogen and oxygen atoms in total. The number of hydrogen-bond acceptors (Lipinski definition) is 3. The maximum atomic E-state index is 11.3. The Morgan fingerprint density at radius 1 is 1.37 bits per heavy atom. The van der Waals surface area contributed by atoms with Crippen LogP contribution in [0.5, 0.6) is 0 Å². The molecule has 0 aromatic heterocycles. The number of benzene rings is 1. The third kappa shape index (κ3) is 2.98. The topological polar surface area (TPSA) is 40.5 Å². The average Bonchev–Trinajstić information content (AvgIpc) is 2.39. The Morgan fingerprint density at radius 3 is 2.53 bits per heavy atom. The molecule has 1 unspecified atom stereocenters. The second kappa shape index (κ2) is 5.33. The Morgan fingerprint density at radius 2 is 2.00 bits per heavy atom. The molecule has 2 rings (SSSR count). The molecule has 1 aromatic rings. The highest BCUT2D eigenvalue weighted by Crippen LogP contribution is 2.34. The lowest BCUT2D eigenvalue weighted by atomic mass is 9.84. The summed E-state index contributed by atoms with van der Waals surface area (Å²) in [7, 11) is 0. The number of rotatable bonds is 3. The smallest absolute Gasteiger partial charge is 0.159 e. The molecule has 1 atom stereocenters. The standard InChI is InChI=1S/C16H23NO2/c1-12(19)14-4-6-15(7-5-14)17-10-13(11-18)8-9-16(17,2)3/h4-7,13,18H,8-11H2,1-3H3. The van der Waals surface area contributed by atoms with Crippen molar-refractivity contribution in [1.29, 1.82) is 0 Å². The van der Waals surface area contributed by atoms with Gasteiger partial charge >= 0.3 is 0 Å². The average molecular weight is 261 g/mol. The van der Waals surface area contributed by atoms with Crippen LogP contribution < -0.4 is 4.90 Å². The van der Waals surface area contributed by atoms with E-state index < -0.39 is 0 Å². The Labute approximate surface area is 115 Å². The molecule has 19 heavy (non-hydrogen) atoms. The van der Waals surface area contributed by atoms with Gasteiger partial charge in [0.05, 0.1) is 0 Å². The van der Waals surface area contributed by atoms with E-state index in [-0.39, 0.29) is 17.9 Å². The molecular weight excluding hydrogens is 238 g/mol. The molecule has 1 fully saturated rings. The van der Waals surface area contributed by atoms with Gasteiger partial charge in [0.25, 0.3) is 0 Å². The largest absolute Gasteiger partial charge is 0.396 e. The van der Waals surface area contributed by atoms with Gasteiger partial charge in [0.2, 0.25) is 0 Å². The first-order valence-electron chi connectivity index (χ1n) is 6.93. The summed E-state index contributed by atoms with van der Waals surface area (Å²) in [6, 6.07) is 7.79. The summed E-state index contributed by atoms with van der Waals surface area (Å²) in [6.07, 6.45) is 2.15. The molecule has 1 N–H and O–H groups in total. The van der Waals surface area contributed by atoms with Crippen LogP contribution in [-0.4, -0.2) is 29.6 Å². The van der Waals surface area contributed by atoms with Crippen molar-refractivity contribution in [1.82, 2.24) is 0 Å². The molecule has 0 aliphatic carbocycles. The summed E-state index contributed by atoms with van der Waals surface area (Å²) >= 11 is 0. The summed E-state index contributed by atoms with van der Waals surface area (Å²) in [6.45, 7) is 7.18. The molecular formula is C16H23NO2. The van der Waals surface area contributed by atoms with Gasteiger partial charge in [0.1, 0.15) is 0 Å². The van der Waals surface area contributed by atoms with Crippen LogP contribution >= 0.6 is 0 Å². The molecule has 1 saturated heterocycles. The lowest BCUT2D eigenvalue weighted by Gasteiger charge is -2.47. The molecule has 104 valence electrons. The Kier molecular flexibility index (Phi) is 3.95. The first kappa shape index (κ1) is 14.1. The minimum atomic E-state index is 0.0951. The molecule has 0 amide bonds. The van der Waals surface area contributed by atoms with Gasteiger partial charge in [0.15, 0.2) is 5.78 Å². The number of nitrogens with zero attached hydrogens (tertiary/aromatic N) is 1. The zero-order chi connectivity index (χ0) is 14.0. The van der Waals surface area contributed by atoms with Gasteiger partial charge in [0, 0.05) is 29.9 Å². The van der Waals surface area contributed by atoms with Gasteiger partial charge in [-0.2, -0.15) is 0 Å². The fraction of sp³-hybridized carbons (Fsp3) is 0.562. The zero-order valence-corrected chi connectivity index (χ0v) is 12.0. The fourth-order valence-corrected chi connectivity index (χ4v) is 2.77. The van der Waals surface area contributed by atoms with Gasteiger partial charge in [-0.05, 0) is 63.8 Å². The van der Waals surface area contributed by atoms with Gasteiger partial charge in [-0.1, -0.05) is 0 Å². The number of Topliss-reactive ketones (excluding diaryl/α,β-unsaturated/α-hetero) is 1. The SMILES string of the molecule is CC(=O)c1ccc(N2CC(CO)CCC2(C)C)cc1. The van der Waals surface area contributed by atoms with Crippen LogP contribution in [0.4, 0.5) is 5.69 Å². The maximum absolute atomic E-state index is 11.3. The number of carbonyl (C=O) groups is 1. The molecule has 1 heterocycles. The van der Waals surface area contributed by atoms with Crippen molar-refractivity contribution in [2.75, 3.05) is 18.1 Å². The Balaban J connectivity index is 2.24. The van der Waals surface area contributed by atoms with Crippen LogP contribution in [0, 0.1) is 5.92 Å². The van der Waals surface area contributed by atoms with E-state index in [0.717, 1.165) is 30.6 Å². The molecule has 1 aliphatic rings. The number of carbonyl (C=O) groups excluding carboxylic acids is 1. The lowest BCUT2D eigenvalue weighted by molar-refractivity contribution is 0.101. The number of hydrogen-bond donors (Lipinski definition) is 1. The highest BCUT2D eigenvalue weighted by atomic mass is 16.3. The van der Waals surface area contributed by atoms with Gasteiger partial charge in [-0.25, -0.2) is 0 Å². The summed E-state index contributed by atoms with van der Waals surface area (Å²) in [5.74, 6) is 0.443. The number of anilines is 1. The van der Waals surface area contributed by atoms with Crippen molar-refractivity contribution in [2.24, 2.45) is 5.92 Å². The summed E-state index contributed by atoms with van der Waals surface area (Å²) in [5, 5.41) is 9.37. The van der Waals surface area contributed by atoms with Crippen LogP contribution in [0.25, 0.3) is 0 Å². The third-order valence-corrected chi connectivity index (χ3v) is 4.18. The van der Waals surface area contributed by atoms with E-state index >= 15 is 0 Å². The third-order valence-electron chi connectivity index (χ3n) is 4.18. The van der Waals surface area contributed by atoms with Crippen molar-refractivity contribution in [3.05, 3.63) is 29.8 Å². The number of aliphatic hydroxyl groups excluding tert-OH is 1. The highest BCUT2D eigenvalue weighted by molar-refractivity contribution is 5.94. The first-order valence-corrected chi connectivity index (χ1v) is 6.93. The molecule has 0 radical (unpaired) electrons. The second-order valence-electron chi connectivity index (χ2n) is 6.11. The molecule has 0 spiro atoms. The monoisotopic (exact) mass is 261 g/mol. The first-order chi connectivity index (χ1) is 8.94. The van der Waals surface area contributed by atoms with Crippen molar-refractivity contribution in [3.63, 3.8) is 0 Å². The molecule has 0 saturated carbocycles. The van der Waals surface area contributed by atoms with E-state index in [1.807, 2.05) is 24.3 Å². The Bertz CT molecular complexity index is 450. The molecule has 3 heteroatoms. The summed E-state index contributed by atoms with van der Waals surface area (Å²) in [5.41, 5.74) is 1.98. The fourth-order valence-electron chi connectivity index (χ4n) is 2.77. The minimum Gasteiger partial charge on any atom is -0.396 e. The number of ketones is 1. The second-order valence-corrected chi connectivity index (χ2v) is 6.11. The van der Waals surface area contributed by atoms with Crippen LogP contribution in [0.1, 0.15) is 44.0 Å². The highest BCUT2D eigenvalue weighted by Gasteiger charge is 2.33. The van der Waals surface area contributed by atoms with Crippen molar-refractivity contribution >= 4 is 11.5 Å². The molecule has 1 aliphatic heterocycles. The zero-order valence-electron chi connectivity index (χ0n) is 12.0. The Hall–Kier alpha value is -1.35. The van der Waals surface area contributed by atoms with E-state index in [9.17, 15) is 9.90 Å². The predicted octanol–water partition coefficient (Wildman–Crippen LogP) is 2.88. The molecule has 1 aromatic carbocycles. The van der Waals surface area contributed by atoms with Crippen LogP contribution in [0.3, 0.4) is 0 Å². The van der Waals surface area contributed by atoms with E-state index in [0.29, 0.717) is 5.92 Å². The lowest BCUT2D eigenvalue weighted by Crippen LogP contribution is -2.51. The van der Waals surface area contributed by atoms with Crippen molar-refractivity contribution in [2.45, 2.75) is 39.2 Å². The van der Waals surface area contributed by atoms with E-state index in [4.69, 9.17) is 0 Å². The van der Waals surface area contributed by atoms with Gasteiger partial charge in [-0.3, -0.25) is 4.79 Å². The van der Waals surface area contributed by atoms with E-state index in [2.05, 4.69) is 18.7 Å². The normalized spacial score (nSPS) is 22.3. The molecule has 0 bridgehead atoms. The van der Waals surface area contributed by atoms with E-state index in [1.165, 1.54) is 0 Å². The quantitative estimate of drug-likeness (QED) is 0.851. The van der Waals surface area contributed by atoms with Crippen molar-refractivity contribution < 1.29 is 9.90 Å². The number of piperidine rings is 1. The van der Waals surface area contributed by atoms with Crippen molar-refractivity contribution in [3.8, 4) is 0 Å². The summed E-state index contributed by atoms with van der Waals surface area (Å²) in [4.78, 5) is 13.7. The van der Waals surface area contributed by atoms with E-state index in [1.54, 1.807) is 6.92 Å². The van der Waals surface area contributed by atoms with Gasteiger partial charge in [-0.15, -0.1) is 0 Å². The van der Waals surface area contributed by atoms with Crippen LogP contribution in [0.2, 0.25) is 0 Å². The number of aliphatic hydroxyl groups is 1. The predicted molar refractivity (Wildman–Crippen MR) is 77.7 cm³/mol. The minimum absolute atomic E-state index is 0.0951. The van der Waals surface area contributed by atoms with Crippen LogP contribution in [0.15, 0.2) is 24.3 Å². The summed E-state index contributed by atoms with van der Waals surface area (Å²) < 4.78 is 0.